The lowest BCUT2D eigenvalue weighted by Crippen LogP contribution is -2.31. The number of aromatic nitrogens is 1. The molecule has 0 radical (unpaired) electrons. The summed E-state index contributed by atoms with van der Waals surface area (Å²) in [5, 5.41) is 9.18. The van der Waals surface area contributed by atoms with Crippen molar-refractivity contribution in [1.29, 1.82) is 0 Å². The molecule has 1 unspecified atom stereocenters. The third-order valence-corrected chi connectivity index (χ3v) is 4.23. The number of carbonyl (C=O) groups excluding carboxylic acids is 1. The largest absolute Gasteiger partial charge is 0.393 e. The quantitative estimate of drug-likeness (QED) is 0.853. The summed E-state index contributed by atoms with van der Waals surface area (Å²) in [7, 11) is 1.72. The predicted molar refractivity (Wildman–Crippen MR) is 76.6 cm³/mol. The van der Waals surface area contributed by atoms with Crippen LogP contribution < -0.4 is 4.87 Å². The molecule has 0 aromatic carbocycles. The van der Waals surface area contributed by atoms with Crippen molar-refractivity contribution in [3.63, 3.8) is 0 Å². The molecule has 0 bridgehead atoms. The molecule has 0 spiro atoms. The zero-order valence-corrected chi connectivity index (χ0v) is 12.8. The Labute approximate surface area is 117 Å². The van der Waals surface area contributed by atoms with E-state index in [1.165, 1.54) is 11.3 Å². The second-order valence-electron chi connectivity index (χ2n) is 4.86. The average Bonchev–Trinajstić information content (AvgIpc) is 2.58. The number of aryl methyl sites for hydroxylation is 1. The molecule has 0 aliphatic carbocycles. The van der Waals surface area contributed by atoms with Crippen LogP contribution in [0.15, 0.2) is 4.79 Å². The monoisotopic (exact) mass is 286 g/mol. The first kappa shape index (κ1) is 15.9. The van der Waals surface area contributed by atoms with Crippen molar-refractivity contribution in [1.82, 2.24) is 9.47 Å². The second kappa shape index (κ2) is 6.86. The van der Waals surface area contributed by atoms with Gasteiger partial charge in [0.15, 0.2) is 0 Å². The Morgan fingerprint density at radius 1 is 1.47 bits per heavy atom. The predicted octanol–water partition coefficient (Wildman–Crippen LogP) is 1.15. The summed E-state index contributed by atoms with van der Waals surface area (Å²) >= 11 is 1.22. The van der Waals surface area contributed by atoms with Crippen LogP contribution in [0.1, 0.15) is 30.3 Å². The molecule has 1 rings (SSSR count). The van der Waals surface area contributed by atoms with Crippen LogP contribution in [-0.4, -0.2) is 40.2 Å². The first-order chi connectivity index (χ1) is 8.82. The highest BCUT2D eigenvalue weighted by Gasteiger charge is 2.12. The zero-order valence-electron chi connectivity index (χ0n) is 12.0. The van der Waals surface area contributed by atoms with Crippen LogP contribution in [0.2, 0.25) is 0 Å². The van der Waals surface area contributed by atoms with Crippen molar-refractivity contribution in [2.45, 2.75) is 46.3 Å². The number of thiazole rings is 1. The van der Waals surface area contributed by atoms with Crippen molar-refractivity contribution in [3.8, 4) is 0 Å². The van der Waals surface area contributed by atoms with E-state index in [1.54, 1.807) is 23.4 Å². The maximum Gasteiger partial charge on any atom is 0.307 e. The Hall–Kier alpha value is -1.14. The Morgan fingerprint density at radius 3 is 2.58 bits per heavy atom. The van der Waals surface area contributed by atoms with E-state index in [-0.39, 0.29) is 10.8 Å². The fraction of sp³-hybridized carbons (Fsp3) is 0.692. The summed E-state index contributed by atoms with van der Waals surface area (Å²) in [6.45, 7) is 6.47. The fourth-order valence-electron chi connectivity index (χ4n) is 1.75. The van der Waals surface area contributed by atoms with Crippen LogP contribution >= 0.6 is 11.3 Å². The smallest absolute Gasteiger partial charge is 0.307 e. The summed E-state index contributed by atoms with van der Waals surface area (Å²) in [6.07, 6.45) is 0.478. The Bertz CT molecular complexity index is 491. The molecule has 19 heavy (non-hydrogen) atoms. The zero-order chi connectivity index (χ0) is 14.6. The number of nitrogens with zero attached hydrogens (tertiary/aromatic N) is 2. The third kappa shape index (κ3) is 4.47. The molecule has 5 nitrogen and oxygen atoms in total. The Morgan fingerprint density at radius 2 is 2.11 bits per heavy atom. The lowest BCUT2D eigenvalue weighted by molar-refractivity contribution is -0.130. The van der Waals surface area contributed by atoms with Gasteiger partial charge in [0.05, 0.1) is 6.10 Å². The van der Waals surface area contributed by atoms with E-state index in [1.807, 2.05) is 13.8 Å². The first-order valence-electron chi connectivity index (χ1n) is 6.41. The number of aliphatic hydroxyl groups excluding tert-OH is 1. The molecule has 6 heteroatoms. The Kier molecular flexibility index (Phi) is 5.75. The van der Waals surface area contributed by atoms with E-state index in [4.69, 9.17) is 0 Å². The highest BCUT2D eigenvalue weighted by Crippen LogP contribution is 2.10. The van der Waals surface area contributed by atoms with Crippen LogP contribution in [-0.2, 0) is 11.3 Å². The topological polar surface area (TPSA) is 62.5 Å². The molecule has 1 aromatic rings. The average molecular weight is 286 g/mol. The highest BCUT2D eigenvalue weighted by atomic mass is 32.1. The molecule has 0 aliphatic rings. The summed E-state index contributed by atoms with van der Waals surface area (Å²) in [6, 6.07) is 0. The van der Waals surface area contributed by atoms with Crippen LogP contribution in [0, 0.1) is 13.8 Å². The molecule has 1 amide bonds. The third-order valence-electron chi connectivity index (χ3n) is 3.23. The fourth-order valence-corrected chi connectivity index (χ4v) is 2.61. The van der Waals surface area contributed by atoms with Gasteiger partial charge in [-0.25, -0.2) is 0 Å². The van der Waals surface area contributed by atoms with E-state index in [0.29, 0.717) is 25.9 Å². The number of hydrogen-bond acceptors (Lipinski definition) is 4. The molecule has 1 heterocycles. The van der Waals surface area contributed by atoms with Gasteiger partial charge in [0, 0.05) is 37.1 Å². The van der Waals surface area contributed by atoms with Gasteiger partial charge in [-0.2, -0.15) is 0 Å². The number of rotatable bonds is 6. The van der Waals surface area contributed by atoms with Gasteiger partial charge in [-0.15, -0.1) is 0 Å². The van der Waals surface area contributed by atoms with Crippen molar-refractivity contribution < 1.29 is 9.90 Å². The van der Waals surface area contributed by atoms with Crippen LogP contribution in [0.25, 0.3) is 0 Å². The highest BCUT2D eigenvalue weighted by molar-refractivity contribution is 7.09. The molecule has 1 atom stereocenters. The molecule has 1 aromatic heterocycles. The molecule has 0 saturated carbocycles. The minimum Gasteiger partial charge on any atom is -0.393 e. The van der Waals surface area contributed by atoms with Gasteiger partial charge in [0.25, 0.3) is 0 Å². The second-order valence-corrected chi connectivity index (χ2v) is 6.03. The first-order valence-corrected chi connectivity index (χ1v) is 7.23. The molecular weight excluding hydrogens is 264 g/mol. The lowest BCUT2D eigenvalue weighted by atomic mass is 10.2. The molecule has 1 N–H and O–H groups in total. The van der Waals surface area contributed by atoms with Crippen LogP contribution in [0.4, 0.5) is 0 Å². The summed E-state index contributed by atoms with van der Waals surface area (Å²) in [4.78, 5) is 26.2. The molecule has 0 aliphatic heterocycles. The summed E-state index contributed by atoms with van der Waals surface area (Å²) in [5.41, 5.74) is 0.939. The van der Waals surface area contributed by atoms with E-state index in [2.05, 4.69) is 0 Å². The van der Waals surface area contributed by atoms with Crippen molar-refractivity contribution >= 4 is 17.2 Å². The molecule has 0 fully saturated rings. The maximum atomic E-state index is 11.9. The molecule has 0 saturated heterocycles. The van der Waals surface area contributed by atoms with Gasteiger partial charge in [-0.1, -0.05) is 11.3 Å². The number of hydrogen-bond donors (Lipinski definition) is 1. The molecular formula is C13H22N2O3S. The summed E-state index contributed by atoms with van der Waals surface area (Å²) in [5.74, 6) is -0.00389. The van der Waals surface area contributed by atoms with Crippen molar-refractivity contribution in [2.24, 2.45) is 0 Å². The van der Waals surface area contributed by atoms with Gasteiger partial charge in [0.1, 0.15) is 0 Å². The summed E-state index contributed by atoms with van der Waals surface area (Å²) < 4.78 is 1.65. The van der Waals surface area contributed by atoms with Crippen LogP contribution in [0.5, 0.6) is 0 Å². The SMILES string of the molecule is Cc1sc(=O)n(CCC(=O)N(C)CCC(C)O)c1C. The van der Waals surface area contributed by atoms with Gasteiger partial charge in [-0.3, -0.25) is 9.59 Å². The lowest BCUT2D eigenvalue weighted by Gasteiger charge is -2.18. The minimum atomic E-state index is -0.403. The number of aliphatic hydroxyl groups is 1. The number of carbonyl (C=O) groups is 1. The molecule has 108 valence electrons. The van der Waals surface area contributed by atoms with E-state index >= 15 is 0 Å². The van der Waals surface area contributed by atoms with Gasteiger partial charge < -0.3 is 14.6 Å². The normalized spacial score (nSPS) is 12.5. The van der Waals surface area contributed by atoms with Crippen molar-refractivity contribution in [3.05, 3.63) is 20.2 Å². The van der Waals surface area contributed by atoms with E-state index in [9.17, 15) is 14.7 Å². The van der Waals surface area contributed by atoms with Gasteiger partial charge in [-0.05, 0) is 27.2 Å². The minimum absolute atomic E-state index is 0.00389. The van der Waals surface area contributed by atoms with Crippen LogP contribution in [0.3, 0.4) is 0 Å². The van der Waals surface area contributed by atoms with Gasteiger partial charge in [0.2, 0.25) is 5.91 Å². The number of amides is 1. The van der Waals surface area contributed by atoms with E-state index < -0.39 is 6.10 Å². The van der Waals surface area contributed by atoms with Crippen molar-refractivity contribution in [2.75, 3.05) is 13.6 Å². The van der Waals surface area contributed by atoms with Gasteiger partial charge >= 0.3 is 4.87 Å². The standard InChI is InChI=1S/C13H22N2O3S/c1-9(16)5-7-14(4)12(17)6-8-15-10(2)11(3)19-13(15)18/h9,16H,5-8H2,1-4H3. The maximum absolute atomic E-state index is 11.9. The van der Waals surface area contributed by atoms with E-state index in [0.717, 1.165) is 10.6 Å². The Balaban J connectivity index is 2.52.